The van der Waals surface area contributed by atoms with E-state index in [0.717, 1.165) is 0 Å². The summed E-state index contributed by atoms with van der Waals surface area (Å²) >= 11 is 5.92. The van der Waals surface area contributed by atoms with Crippen LogP contribution >= 0.6 is 11.6 Å². The highest BCUT2D eigenvalue weighted by Crippen LogP contribution is 2.41. The molecule has 1 atom stereocenters. The first kappa shape index (κ1) is 21.7. The summed E-state index contributed by atoms with van der Waals surface area (Å²) in [6, 6.07) is 10.0. The van der Waals surface area contributed by atoms with Crippen LogP contribution in [0.15, 0.2) is 48.0 Å². The molecule has 2 aromatic carbocycles. The Kier molecular flexibility index (Phi) is 6.64. The minimum absolute atomic E-state index is 0.0495. The van der Waals surface area contributed by atoms with Crippen molar-refractivity contribution in [3.05, 3.63) is 64.2 Å². The van der Waals surface area contributed by atoms with E-state index >= 15 is 0 Å². The second kappa shape index (κ2) is 9.19. The monoisotopic (exact) mass is 431 g/mol. The molecular weight excluding hydrogens is 410 g/mol. The number of ketones is 1. The van der Waals surface area contributed by atoms with Crippen LogP contribution in [0.3, 0.4) is 0 Å². The molecule has 0 radical (unpaired) electrons. The van der Waals surface area contributed by atoms with Crippen molar-refractivity contribution >= 4 is 29.1 Å². The molecule has 0 aliphatic carbocycles. The van der Waals surface area contributed by atoms with Crippen molar-refractivity contribution < 1.29 is 29.3 Å². The molecule has 1 fully saturated rings. The average Bonchev–Trinajstić information content (AvgIpc) is 2.98. The quantitative estimate of drug-likeness (QED) is 0.395. The number of hydrogen-bond donors (Lipinski definition) is 2. The number of amides is 1. The highest BCUT2D eigenvalue weighted by Gasteiger charge is 2.46. The lowest BCUT2D eigenvalue weighted by Gasteiger charge is -2.25. The van der Waals surface area contributed by atoms with Gasteiger partial charge in [-0.05, 0) is 48.9 Å². The fourth-order valence-electron chi connectivity index (χ4n) is 3.38. The Morgan fingerprint density at radius 2 is 1.87 bits per heavy atom. The molecule has 8 heteroatoms. The number of ether oxygens (including phenoxy) is 2. The molecule has 1 saturated heterocycles. The number of rotatable bonds is 7. The number of phenolic OH excluding ortho intramolecular Hbond substituents is 1. The van der Waals surface area contributed by atoms with E-state index in [1.807, 2.05) is 0 Å². The number of benzene rings is 2. The molecule has 158 valence electrons. The van der Waals surface area contributed by atoms with Gasteiger partial charge in [-0.25, -0.2) is 0 Å². The Morgan fingerprint density at radius 3 is 2.50 bits per heavy atom. The van der Waals surface area contributed by atoms with Crippen molar-refractivity contribution in [2.75, 3.05) is 26.9 Å². The number of methoxy groups -OCH3 is 1. The van der Waals surface area contributed by atoms with Gasteiger partial charge in [0.1, 0.15) is 5.76 Å². The summed E-state index contributed by atoms with van der Waals surface area (Å²) in [7, 11) is 1.49. The van der Waals surface area contributed by atoms with E-state index in [1.165, 1.54) is 18.1 Å². The number of hydrogen-bond acceptors (Lipinski definition) is 6. The molecule has 0 aromatic heterocycles. The molecule has 0 bridgehead atoms. The number of carbonyl (C=O) groups excluding carboxylic acids is 2. The van der Waals surface area contributed by atoms with Crippen LogP contribution in [0.4, 0.5) is 0 Å². The Labute approximate surface area is 179 Å². The van der Waals surface area contributed by atoms with Crippen LogP contribution < -0.4 is 4.74 Å². The van der Waals surface area contributed by atoms with Gasteiger partial charge in [-0.15, -0.1) is 0 Å². The topological polar surface area (TPSA) is 96.3 Å². The molecule has 1 heterocycles. The van der Waals surface area contributed by atoms with Crippen LogP contribution in [-0.2, 0) is 14.3 Å². The number of carbonyl (C=O) groups is 2. The fraction of sp³-hybridized carbons (Fsp3) is 0.273. The first-order valence-corrected chi connectivity index (χ1v) is 9.75. The average molecular weight is 432 g/mol. The zero-order chi connectivity index (χ0) is 21.8. The summed E-state index contributed by atoms with van der Waals surface area (Å²) in [5.74, 6) is -1.68. The maximum Gasteiger partial charge on any atom is 0.295 e. The number of likely N-dealkylation sites (tertiary alicyclic amines) is 1. The summed E-state index contributed by atoms with van der Waals surface area (Å²) in [6.45, 7) is 2.46. The first-order chi connectivity index (χ1) is 14.4. The third-order valence-electron chi connectivity index (χ3n) is 4.79. The fourth-order valence-corrected chi connectivity index (χ4v) is 3.51. The normalized spacial score (nSPS) is 18.1. The van der Waals surface area contributed by atoms with Gasteiger partial charge in [-0.2, -0.15) is 0 Å². The minimum atomic E-state index is -0.865. The van der Waals surface area contributed by atoms with E-state index in [9.17, 15) is 19.8 Å². The number of Topliss-reactive ketones (excluding diaryl/α,β-unsaturated/α-hetero) is 1. The maximum absolute atomic E-state index is 12.9. The molecule has 1 unspecified atom stereocenters. The third-order valence-corrected chi connectivity index (χ3v) is 5.05. The zero-order valence-corrected chi connectivity index (χ0v) is 17.3. The summed E-state index contributed by atoms with van der Waals surface area (Å²) in [5, 5.41) is 21.4. The molecule has 1 amide bonds. The van der Waals surface area contributed by atoms with Crippen molar-refractivity contribution in [3.63, 3.8) is 0 Å². The maximum atomic E-state index is 12.9. The molecule has 1 aliphatic rings. The molecule has 2 N–H and O–H groups in total. The molecule has 0 saturated carbocycles. The zero-order valence-electron chi connectivity index (χ0n) is 16.6. The van der Waals surface area contributed by atoms with Crippen molar-refractivity contribution in [2.45, 2.75) is 13.0 Å². The van der Waals surface area contributed by atoms with Crippen molar-refractivity contribution in [1.29, 1.82) is 0 Å². The van der Waals surface area contributed by atoms with Crippen molar-refractivity contribution in [3.8, 4) is 11.5 Å². The Bertz CT molecular complexity index is 986. The summed E-state index contributed by atoms with van der Waals surface area (Å²) in [6.07, 6.45) is 0. The number of phenols is 1. The van der Waals surface area contributed by atoms with Gasteiger partial charge in [-0.1, -0.05) is 17.7 Å². The van der Waals surface area contributed by atoms with Crippen LogP contribution in [0, 0.1) is 0 Å². The van der Waals surface area contributed by atoms with Crippen LogP contribution in [-0.4, -0.2) is 53.7 Å². The summed E-state index contributed by atoms with van der Waals surface area (Å²) in [5.41, 5.74) is 0.826. The van der Waals surface area contributed by atoms with Gasteiger partial charge >= 0.3 is 0 Å². The van der Waals surface area contributed by atoms with Crippen molar-refractivity contribution in [2.24, 2.45) is 0 Å². The molecular formula is C22H22ClNO6. The molecule has 7 nitrogen and oxygen atoms in total. The van der Waals surface area contributed by atoms with Gasteiger partial charge in [-0.3, -0.25) is 9.59 Å². The lowest BCUT2D eigenvalue weighted by atomic mass is 9.95. The molecule has 2 aromatic rings. The van der Waals surface area contributed by atoms with Gasteiger partial charge in [0.25, 0.3) is 11.7 Å². The number of halogens is 1. The number of aromatic hydroxyl groups is 1. The Hall–Kier alpha value is -3.03. The first-order valence-electron chi connectivity index (χ1n) is 9.38. The smallest absolute Gasteiger partial charge is 0.295 e. The predicted molar refractivity (Wildman–Crippen MR) is 112 cm³/mol. The van der Waals surface area contributed by atoms with E-state index in [4.69, 9.17) is 21.1 Å². The van der Waals surface area contributed by atoms with E-state index in [-0.39, 0.29) is 36.0 Å². The third kappa shape index (κ3) is 4.13. The van der Waals surface area contributed by atoms with Gasteiger partial charge in [0, 0.05) is 24.2 Å². The predicted octanol–water partition coefficient (Wildman–Crippen LogP) is 3.51. The SMILES string of the molecule is CCOc1cc(C2/C(=C(/O)c3ccc(Cl)cc3)C(=O)C(=O)N2CCOC)ccc1O. The van der Waals surface area contributed by atoms with E-state index in [1.54, 1.807) is 43.3 Å². The van der Waals surface area contributed by atoms with E-state index in [2.05, 4.69) is 0 Å². The number of aliphatic hydroxyl groups is 1. The highest BCUT2D eigenvalue weighted by molar-refractivity contribution is 6.46. The minimum Gasteiger partial charge on any atom is -0.507 e. The van der Waals surface area contributed by atoms with E-state index < -0.39 is 17.7 Å². The largest absolute Gasteiger partial charge is 0.507 e. The highest BCUT2D eigenvalue weighted by atomic mass is 35.5. The van der Waals surface area contributed by atoms with Crippen molar-refractivity contribution in [1.82, 2.24) is 4.90 Å². The molecule has 3 rings (SSSR count). The van der Waals surface area contributed by atoms with Crippen LogP contribution in [0.1, 0.15) is 24.1 Å². The summed E-state index contributed by atoms with van der Waals surface area (Å²) in [4.78, 5) is 27.0. The summed E-state index contributed by atoms with van der Waals surface area (Å²) < 4.78 is 10.5. The lowest BCUT2D eigenvalue weighted by molar-refractivity contribution is -0.140. The van der Waals surface area contributed by atoms with Gasteiger partial charge < -0.3 is 24.6 Å². The number of aliphatic hydroxyl groups excluding tert-OH is 1. The molecule has 1 aliphatic heterocycles. The van der Waals surface area contributed by atoms with Gasteiger partial charge in [0.05, 0.1) is 24.8 Å². The standard InChI is InChI=1S/C22H22ClNO6/c1-3-30-17-12-14(6-9-16(17)25)19-18(20(26)13-4-7-15(23)8-5-13)21(27)22(28)24(19)10-11-29-2/h4-9,12,19,25-26H,3,10-11H2,1-2H3/b20-18-. The van der Waals surface area contributed by atoms with Crippen LogP contribution in [0.2, 0.25) is 5.02 Å². The van der Waals surface area contributed by atoms with E-state index in [0.29, 0.717) is 22.8 Å². The molecule has 30 heavy (non-hydrogen) atoms. The van der Waals surface area contributed by atoms with Crippen LogP contribution in [0.5, 0.6) is 11.5 Å². The second-order valence-electron chi connectivity index (χ2n) is 6.65. The Morgan fingerprint density at radius 1 is 1.17 bits per heavy atom. The van der Waals surface area contributed by atoms with Crippen LogP contribution in [0.25, 0.3) is 5.76 Å². The number of nitrogens with zero attached hydrogens (tertiary/aromatic N) is 1. The Balaban J connectivity index is 2.17. The molecule has 0 spiro atoms. The second-order valence-corrected chi connectivity index (χ2v) is 7.09. The van der Waals surface area contributed by atoms with Gasteiger partial charge in [0.15, 0.2) is 11.5 Å². The van der Waals surface area contributed by atoms with Gasteiger partial charge in [0.2, 0.25) is 0 Å². The lowest BCUT2D eigenvalue weighted by Crippen LogP contribution is -2.32.